The SMILES string of the molecule is CC1(C)CCC(CNC(=O)Cc2ccc(N)cc2)CC1.Cl. The molecule has 118 valence electrons. The molecule has 3 nitrogen and oxygen atoms in total. The molecule has 0 aromatic heterocycles. The smallest absolute Gasteiger partial charge is 0.224 e. The average Bonchev–Trinajstić information content (AvgIpc) is 2.40. The largest absolute Gasteiger partial charge is 0.399 e. The van der Waals surface area contributed by atoms with Gasteiger partial charge in [0.05, 0.1) is 6.42 Å². The van der Waals surface area contributed by atoms with Crippen LogP contribution in [0.4, 0.5) is 5.69 Å². The van der Waals surface area contributed by atoms with Crippen molar-refractivity contribution in [1.29, 1.82) is 0 Å². The lowest BCUT2D eigenvalue weighted by Crippen LogP contribution is -2.33. The quantitative estimate of drug-likeness (QED) is 0.835. The number of nitrogens with two attached hydrogens (primary N) is 1. The standard InChI is InChI=1S/C17H26N2O.ClH/c1-17(2)9-7-14(8-10-17)12-19-16(20)11-13-3-5-15(18)6-4-13;/h3-6,14H,7-12,18H2,1-2H3,(H,19,20);1H. The van der Waals surface area contributed by atoms with E-state index < -0.39 is 0 Å². The highest BCUT2D eigenvalue weighted by molar-refractivity contribution is 5.85. The molecule has 1 aliphatic rings. The monoisotopic (exact) mass is 310 g/mol. The van der Waals surface area contributed by atoms with Crippen molar-refractivity contribution in [2.24, 2.45) is 11.3 Å². The first kappa shape index (κ1) is 17.8. The Morgan fingerprint density at radius 3 is 2.38 bits per heavy atom. The molecule has 1 saturated carbocycles. The average molecular weight is 311 g/mol. The summed E-state index contributed by atoms with van der Waals surface area (Å²) in [5, 5.41) is 3.07. The zero-order chi connectivity index (χ0) is 14.6. The van der Waals surface area contributed by atoms with Gasteiger partial charge >= 0.3 is 0 Å². The zero-order valence-corrected chi connectivity index (χ0v) is 13.8. The van der Waals surface area contributed by atoms with E-state index in [4.69, 9.17) is 5.73 Å². The zero-order valence-electron chi connectivity index (χ0n) is 13.0. The van der Waals surface area contributed by atoms with E-state index in [9.17, 15) is 4.79 Å². The molecule has 1 fully saturated rings. The summed E-state index contributed by atoms with van der Waals surface area (Å²) >= 11 is 0. The second-order valence-electron chi connectivity index (χ2n) is 6.83. The van der Waals surface area contributed by atoms with Crippen molar-refractivity contribution >= 4 is 24.0 Å². The molecule has 21 heavy (non-hydrogen) atoms. The number of carbonyl (C=O) groups is 1. The van der Waals surface area contributed by atoms with Crippen molar-refractivity contribution in [3.8, 4) is 0 Å². The Hall–Kier alpha value is -1.22. The molecule has 0 unspecified atom stereocenters. The minimum atomic E-state index is 0. The summed E-state index contributed by atoms with van der Waals surface area (Å²) in [7, 11) is 0. The van der Waals surface area contributed by atoms with Gasteiger partial charge in [0.1, 0.15) is 0 Å². The molecule has 0 heterocycles. The Kier molecular flexibility index (Phi) is 6.53. The summed E-state index contributed by atoms with van der Waals surface area (Å²) in [6, 6.07) is 7.51. The predicted molar refractivity (Wildman–Crippen MR) is 90.6 cm³/mol. The molecule has 4 heteroatoms. The molecule has 0 bridgehead atoms. The maximum Gasteiger partial charge on any atom is 0.224 e. The molecular weight excluding hydrogens is 284 g/mol. The highest BCUT2D eigenvalue weighted by atomic mass is 35.5. The minimum absolute atomic E-state index is 0. The molecule has 0 aliphatic heterocycles. The van der Waals surface area contributed by atoms with Gasteiger partial charge in [-0.15, -0.1) is 12.4 Å². The number of benzene rings is 1. The van der Waals surface area contributed by atoms with Crippen molar-refractivity contribution in [2.45, 2.75) is 46.0 Å². The first-order valence-corrected chi connectivity index (χ1v) is 7.56. The van der Waals surface area contributed by atoms with E-state index in [-0.39, 0.29) is 18.3 Å². The number of hydrogen-bond donors (Lipinski definition) is 2. The van der Waals surface area contributed by atoms with Crippen LogP contribution in [-0.4, -0.2) is 12.5 Å². The normalized spacial score (nSPS) is 17.8. The van der Waals surface area contributed by atoms with Gasteiger partial charge in [0.25, 0.3) is 0 Å². The molecule has 1 aliphatic carbocycles. The molecule has 0 atom stereocenters. The van der Waals surface area contributed by atoms with Gasteiger partial charge in [-0.2, -0.15) is 0 Å². The molecule has 1 aromatic rings. The summed E-state index contributed by atoms with van der Waals surface area (Å²) in [5.41, 5.74) is 7.88. The van der Waals surface area contributed by atoms with Gasteiger partial charge in [-0.3, -0.25) is 4.79 Å². The van der Waals surface area contributed by atoms with E-state index in [0.29, 0.717) is 17.8 Å². The summed E-state index contributed by atoms with van der Waals surface area (Å²) in [6.07, 6.45) is 5.44. The highest BCUT2D eigenvalue weighted by Crippen LogP contribution is 2.37. The Labute approximate surface area is 134 Å². The van der Waals surface area contributed by atoms with Crippen LogP contribution in [0.15, 0.2) is 24.3 Å². The Bertz CT molecular complexity index is 446. The van der Waals surface area contributed by atoms with E-state index in [1.807, 2.05) is 24.3 Å². The predicted octanol–water partition coefficient (Wildman–Crippen LogP) is 3.57. The van der Waals surface area contributed by atoms with Crippen LogP contribution in [0, 0.1) is 11.3 Å². The molecular formula is C17H27ClN2O. The molecule has 2 rings (SSSR count). The van der Waals surface area contributed by atoms with Gasteiger partial charge in [0, 0.05) is 12.2 Å². The summed E-state index contributed by atoms with van der Waals surface area (Å²) in [5.74, 6) is 0.762. The summed E-state index contributed by atoms with van der Waals surface area (Å²) in [6.45, 7) is 5.50. The fourth-order valence-corrected chi connectivity index (χ4v) is 2.80. The van der Waals surface area contributed by atoms with Crippen molar-refractivity contribution in [3.05, 3.63) is 29.8 Å². The molecule has 1 aromatic carbocycles. The van der Waals surface area contributed by atoms with Crippen LogP contribution in [0.1, 0.15) is 45.1 Å². The van der Waals surface area contributed by atoms with Crippen molar-refractivity contribution in [3.63, 3.8) is 0 Å². The first-order valence-electron chi connectivity index (χ1n) is 7.56. The number of rotatable bonds is 4. The topological polar surface area (TPSA) is 55.1 Å². The van der Waals surface area contributed by atoms with Crippen molar-refractivity contribution in [1.82, 2.24) is 5.32 Å². The Morgan fingerprint density at radius 1 is 1.24 bits per heavy atom. The van der Waals surface area contributed by atoms with Crippen LogP contribution in [-0.2, 0) is 11.2 Å². The fourth-order valence-electron chi connectivity index (χ4n) is 2.80. The first-order chi connectivity index (χ1) is 9.44. The van der Waals surface area contributed by atoms with Gasteiger partial charge in [-0.1, -0.05) is 26.0 Å². The lowest BCUT2D eigenvalue weighted by Gasteiger charge is -2.34. The van der Waals surface area contributed by atoms with Crippen LogP contribution in [0.25, 0.3) is 0 Å². The van der Waals surface area contributed by atoms with Crippen LogP contribution in [0.5, 0.6) is 0 Å². The number of amides is 1. The van der Waals surface area contributed by atoms with E-state index in [0.717, 1.165) is 17.8 Å². The Balaban J connectivity index is 0.00000220. The number of nitrogens with one attached hydrogen (secondary N) is 1. The van der Waals surface area contributed by atoms with Crippen molar-refractivity contribution < 1.29 is 4.79 Å². The fraction of sp³-hybridized carbons (Fsp3) is 0.588. The molecule has 0 radical (unpaired) electrons. The molecule has 3 N–H and O–H groups in total. The van der Waals surface area contributed by atoms with Crippen LogP contribution >= 0.6 is 12.4 Å². The lowest BCUT2D eigenvalue weighted by atomic mass is 9.73. The number of hydrogen-bond acceptors (Lipinski definition) is 2. The van der Waals surface area contributed by atoms with Gasteiger partial charge in [-0.05, 0) is 54.7 Å². The second kappa shape index (κ2) is 7.69. The number of nitrogen functional groups attached to an aromatic ring is 1. The van der Waals surface area contributed by atoms with Gasteiger partial charge in [0.2, 0.25) is 5.91 Å². The second-order valence-corrected chi connectivity index (χ2v) is 6.83. The molecule has 0 saturated heterocycles. The maximum absolute atomic E-state index is 11.9. The summed E-state index contributed by atoms with van der Waals surface area (Å²) < 4.78 is 0. The Morgan fingerprint density at radius 2 is 1.81 bits per heavy atom. The lowest BCUT2D eigenvalue weighted by molar-refractivity contribution is -0.120. The molecule has 1 amide bonds. The van der Waals surface area contributed by atoms with Crippen LogP contribution in [0.3, 0.4) is 0 Å². The van der Waals surface area contributed by atoms with Crippen LogP contribution in [0.2, 0.25) is 0 Å². The number of carbonyl (C=O) groups excluding carboxylic acids is 1. The highest BCUT2D eigenvalue weighted by Gasteiger charge is 2.26. The van der Waals surface area contributed by atoms with Crippen LogP contribution < -0.4 is 11.1 Å². The van der Waals surface area contributed by atoms with E-state index in [1.54, 1.807) is 0 Å². The van der Waals surface area contributed by atoms with Crippen molar-refractivity contribution in [2.75, 3.05) is 12.3 Å². The third-order valence-electron chi connectivity index (χ3n) is 4.39. The van der Waals surface area contributed by atoms with E-state index >= 15 is 0 Å². The van der Waals surface area contributed by atoms with E-state index in [1.165, 1.54) is 25.7 Å². The third-order valence-corrected chi connectivity index (χ3v) is 4.39. The third kappa shape index (κ3) is 5.96. The minimum Gasteiger partial charge on any atom is -0.399 e. The summed E-state index contributed by atoms with van der Waals surface area (Å²) in [4.78, 5) is 11.9. The van der Waals surface area contributed by atoms with E-state index in [2.05, 4.69) is 19.2 Å². The number of halogens is 1. The number of anilines is 1. The van der Waals surface area contributed by atoms with Gasteiger partial charge < -0.3 is 11.1 Å². The molecule has 0 spiro atoms. The van der Waals surface area contributed by atoms with Gasteiger partial charge in [-0.25, -0.2) is 0 Å². The maximum atomic E-state index is 11.9. The van der Waals surface area contributed by atoms with Gasteiger partial charge in [0.15, 0.2) is 0 Å².